The Labute approximate surface area is 111 Å². The fourth-order valence-corrected chi connectivity index (χ4v) is 2.74. The smallest absolute Gasteiger partial charge is 0.233 e. The van der Waals surface area contributed by atoms with E-state index in [0.717, 1.165) is 16.6 Å². The quantitative estimate of drug-likeness (QED) is 0.807. The Bertz CT molecular complexity index is 327. The lowest BCUT2D eigenvalue weighted by Crippen LogP contribution is -2.32. The van der Waals surface area contributed by atoms with Crippen molar-refractivity contribution in [2.75, 3.05) is 6.54 Å². The lowest BCUT2D eigenvalue weighted by Gasteiger charge is -2.07. The average molecular weight is 355 g/mol. The number of hydrogen-bond acceptors (Lipinski definition) is 2. The molecule has 0 saturated heterocycles. The Morgan fingerprint density at radius 3 is 2.87 bits per heavy atom. The van der Waals surface area contributed by atoms with Crippen LogP contribution in [-0.2, 0) is 11.2 Å². The zero-order valence-electron chi connectivity index (χ0n) is 8.43. The highest BCUT2D eigenvalue weighted by Gasteiger charge is 2.10. The first-order valence-electron chi connectivity index (χ1n) is 4.79. The van der Waals surface area contributed by atoms with Crippen molar-refractivity contribution in [3.8, 4) is 0 Å². The lowest BCUT2D eigenvalue weighted by molar-refractivity contribution is -0.120. The molecule has 0 radical (unpaired) electrons. The van der Waals surface area contributed by atoms with Gasteiger partial charge in [-0.2, -0.15) is 0 Å². The van der Waals surface area contributed by atoms with Crippen LogP contribution in [0.25, 0.3) is 0 Å². The Morgan fingerprint density at radius 2 is 2.33 bits per heavy atom. The average Bonchev–Trinajstić information content (AvgIpc) is 2.63. The maximum absolute atomic E-state index is 11.4. The van der Waals surface area contributed by atoms with Crippen LogP contribution in [0.5, 0.6) is 0 Å². The fraction of sp³-hybridized carbons (Fsp3) is 0.500. The van der Waals surface area contributed by atoms with Crippen LogP contribution in [0.2, 0.25) is 0 Å². The number of halogens is 2. The molecule has 1 amide bonds. The highest BCUT2D eigenvalue weighted by molar-refractivity contribution is 9.11. The summed E-state index contributed by atoms with van der Waals surface area (Å²) in [4.78, 5) is 12.6. The van der Waals surface area contributed by atoms with Gasteiger partial charge in [0.05, 0.1) is 8.61 Å². The molecule has 15 heavy (non-hydrogen) atoms. The van der Waals surface area contributed by atoms with E-state index in [0.29, 0.717) is 6.54 Å². The van der Waals surface area contributed by atoms with Gasteiger partial charge in [0.15, 0.2) is 0 Å². The Balaban J connectivity index is 2.24. The molecule has 5 heteroatoms. The number of thiophene rings is 1. The minimum Gasteiger partial charge on any atom is -0.355 e. The van der Waals surface area contributed by atoms with Crippen molar-refractivity contribution in [1.29, 1.82) is 0 Å². The number of rotatable bonds is 5. The summed E-state index contributed by atoms with van der Waals surface area (Å²) in [6.45, 7) is 2.68. The van der Waals surface area contributed by atoms with Crippen molar-refractivity contribution in [1.82, 2.24) is 5.32 Å². The molecule has 0 fully saturated rings. The largest absolute Gasteiger partial charge is 0.355 e. The molecule has 1 aromatic heterocycles. The van der Waals surface area contributed by atoms with Crippen molar-refractivity contribution < 1.29 is 4.79 Å². The second kappa shape index (κ2) is 6.66. The molecule has 1 unspecified atom stereocenters. The third-order valence-electron chi connectivity index (χ3n) is 1.94. The maximum Gasteiger partial charge on any atom is 0.233 e. The van der Waals surface area contributed by atoms with Gasteiger partial charge in [-0.05, 0) is 40.9 Å². The molecule has 1 atom stereocenters. The predicted octanol–water partition coefficient (Wildman–Crippen LogP) is 3.34. The van der Waals surface area contributed by atoms with Crippen LogP contribution in [0.15, 0.2) is 15.9 Å². The van der Waals surface area contributed by atoms with Crippen molar-refractivity contribution in [3.63, 3.8) is 0 Å². The summed E-state index contributed by atoms with van der Waals surface area (Å²) in [7, 11) is 0. The van der Waals surface area contributed by atoms with Gasteiger partial charge in [-0.25, -0.2) is 0 Å². The number of amides is 1. The van der Waals surface area contributed by atoms with E-state index in [1.54, 1.807) is 11.3 Å². The third-order valence-corrected chi connectivity index (χ3v) is 4.69. The third kappa shape index (κ3) is 4.66. The number of nitrogens with one attached hydrogen (secondary N) is 1. The zero-order valence-corrected chi connectivity index (χ0v) is 12.4. The molecule has 0 aromatic carbocycles. The Morgan fingerprint density at radius 1 is 1.60 bits per heavy atom. The molecule has 1 heterocycles. The molecule has 0 aliphatic rings. The van der Waals surface area contributed by atoms with Gasteiger partial charge in [-0.15, -0.1) is 11.3 Å². The van der Waals surface area contributed by atoms with Gasteiger partial charge in [-0.3, -0.25) is 4.79 Å². The summed E-state index contributed by atoms with van der Waals surface area (Å²) in [5.74, 6) is 0.0770. The second-order valence-electron chi connectivity index (χ2n) is 3.12. The minimum absolute atomic E-state index is 0.0624. The minimum atomic E-state index is -0.0624. The first-order chi connectivity index (χ1) is 7.13. The van der Waals surface area contributed by atoms with Crippen LogP contribution in [0.3, 0.4) is 0 Å². The molecule has 0 saturated carbocycles. The van der Waals surface area contributed by atoms with E-state index >= 15 is 0 Å². The Hall–Kier alpha value is 0.130. The highest BCUT2D eigenvalue weighted by Crippen LogP contribution is 2.22. The molecular weight excluding hydrogens is 342 g/mol. The van der Waals surface area contributed by atoms with Gasteiger partial charge in [-0.1, -0.05) is 22.9 Å². The van der Waals surface area contributed by atoms with Crippen LogP contribution < -0.4 is 5.32 Å². The van der Waals surface area contributed by atoms with Gasteiger partial charge < -0.3 is 5.32 Å². The van der Waals surface area contributed by atoms with Crippen molar-refractivity contribution in [2.45, 2.75) is 24.6 Å². The van der Waals surface area contributed by atoms with Gasteiger partial charge in [0.1, 0.15) is 0 Å². The molecule has 0 aliphatic heterocycles. The maximum atomic E-state index is 11.4. The van der Waals surface area contributed by atoms with Gasteiger partial charge in [0.25, 0.3) is 0 Å². The molecule has 84 valence electrons. The summed E-state index contributed by atoms with van der Waals surface area (Å²) in [6, 6.07) is 4.10. The first-order valence-corrected chi connectivity index (χ1v) is 7.32. The van der Waals surface area contributed by atoms with Crippen LogP contribution in [0, 0.1) is 0 Å². The van der Waals surface area contributed by atoms with E-state index in [1.165, 1.54) is 4.88 Å². The SMILES string of the molecule is CCC(Br)C(=O)NCCc1ccc(Br)s1. The molecule has 1 N–H and O–H groups in total. The van der Waals surface area contributed by atoms with E-state index in [4.69, 9.17) is 0 Å². The monoisotopic (exact) mass is 353 g/mol. The van der Waals surface area contributed by atoms with Crippen molar-refractivity contribution >= 4 is 49.1 Å². The van der Waals surface area contributed by atoms with Crippen LogP contribution in [0.1, 0.15) is 18.2 Å². The number of alkyl halides is 1. The van der Waals surface area contributed by atoms with E-state index in [-0.39, 0.29) is 10.7 Å². The van der Waals surface area contributed by atoms with Crippen LogP contribution in [0.4, 0.5) is 0 Å². The van der Waals surface area contributed by atoms with Crippen molar-refractivity contribution in [3.05, 3.63) is 20.8 Å². The predicted molar refractivity (Wildman–Crippen MR) is 71.7 cm³/mol. The van der Waals surface area contributed by atoms with Gasteiger partial charge >= 0.3 is 0 Å². The summed E-state index contributed by atoms with van der Waals surface area (Å²) in [6.07, 6.45) is 1.71. The number of hydrogen-bond donors (Lipinski definition) is 1. The number of carbonyl (C=O) groups excluding carboxylic acids is 1. The molecular formula is C10H13Br2NOS. The highest BCUT2D eigenvalue weighted by atomic mass is 79.9. The first kappa shape index (κ1) is 13.2. The summed E-state index contributed by atoms with van der Waals surface area (Å²) >= 11 is 8.43. The van der Waals surface area contributed by atoms with Crippen LogP contribution in [-0.4, -0.2) is 17.3 Å². The van der Waals surface area contributed by atoms with E-state index in [9.17, 15) is 4.79 Å². The summed E-state index contributed by atoms with van der Waals surface area (Å²) in [5.41, 5.74) is 0. The standard InChI is InChI=1S/C10H13Br2NOS/c1-2-8(11)10(14)13-6-5-7-3-4-9(12)15-7/h3-4,8H,2,5-6H2,1H3,(H,13,14). The van der Waals surface area contributed by atoms with E-state index in [1.807, 2.05) is 13.0 Å². The summed E-state index contributed by atoms with van der Waals surface area (Å²) in [5, 5.41) is 2.90. The Kier molecular flexibility index (Phi) is 5.86. The second-order valence-corrected chi connectivity index (χ2v) is 6.78. The number of carbonyl (C=O) groups is 1. The van der Waals surface area contributed by atoms with Gasteiger partial charge in [0.2, 0.25) is 5.91 Å². The molecule has 1 rings (SSSR count). The topological polar surface area (TPSA) is 29.1 Å². The summed E-state index contributed by atoms with van der Waals surface area (Å²) < 4.78 is 1.13. The molecule has 0 aliphatic carbocycles. The molecule has 0 bridgehead atoms. The zero-order chi connectivity index (χ0) is 11.3. The molecule has 2 nitrogen and oxygen atoms in total. The van der Waals surface area contributed by atoms with E-state index in [2.05, 4.69) is 43.2 Å². The lowest BCUT2D eigenvalue weighted by atomic mass is 10.3. The molecule has 1 aromatic rings. The molecule has 0 spiro atoms. The van der Waals surface area contributed by atoms with E-state index < -0.39 is 0 Å². The van der Waals surface area contributed by atoms with Crippen LogP contribution >= 0.6 is 43.2 Å². The normalized spacial score (nSPS) is 12.5. The van der Waals surface area contributed by atoms with Crippen molar-refractivity contribution in [2.24, 2.45) is 0 Å². The van der Waals surface area contributed by atoms with Gasteiger partial charge in [0, 0.05) is 11.4 Å². The fourth-order valence-electron chi connectivity index (χ4n) is 1.09.